The number of aliphatic carboxylic acids is 1. The van der Waals surface area contributed by atoms with Gasteiger partial charge < -0.3 is 10.4 Å². The van der Waals surface area contributed by atoms with Gasteiger partial charge in [-0.3, -0.25) is 4.79 Å². The van der Waals surface area contributed by atoms with Crippen molar-refractivity contribution >= 4 is 22.6 Å². The van der Waals surface area contributed by atoms with Crippen molar-refractivity contribution in [3.8, 4) is 0 Å². The van der Waals surface area contributed by atoms with Crippen LogP contribution < -0.4 is 5.32 Å². The van der Waals surface area contributed by atoms with Crippen LogP contribution in [-0.4, -0.2) is 17.0 Å². The molecule has 0 fully saturated rings. The van der Waals surface area contributed by atoms with Crippen LogP contribution in [0, 0.1) is 0 Å². The summed E-state index contributed by atoms with van der Waals surface area (Å²) in [7, 11) is 0. The molecule has 0 radical (unpaired) electrons. The normalized spacial score (nSPS) is 12.1. The first kappa shape index (κ1) is 14.1. The second-order valence-electron chi connectivity index (χ2n) is 4.70. The molecule has 2 aromatic rings. The first-order chi connectivity index (χ1) is 9.61. The summed E-state index contributed by atoms with van der Waals surface area (Å²) in [5.41, 5.74) is 0.584. The quantitative estimate of drug-likeness (QED) is 0.878. The van der Waals surface area contributed by atoms with E-state index in [-0.39, 0.29) is 5.91 Å². The third-order valence-corrected chi connectivity index (χ3v) is 3.14. The van der Waals surface area contributed by atoms with E-state index in [9.17, 15) is 14.7 Å². The minimum atomic E-state index is -1.05. The lowest BCUT2D eigenvalue weighted by Crippen LogP contribution is -2.33. The van der Waals surface area contributed by atoms with Gasteiger partial charge in [0.15, 0.2) is 6.04 Å². The minimum Gasteiger partial charge on any atom is -0.479 e. The molecule has 0 aromatic heterocycles. The number of fused-ring (bicyclic) bond motifs is 1. The SMILES string of the molecule is CCCC(=O)NC(C(=O)O)c1ccc2ccccc2c1. The van der Waals surface area contributed by atoms with E-state index in [1.807, 2.05) is 37.3 Å². The number of rotatable bonds is 5. The van der Waals surface area contributed by atoms with Crippen molar-refractivity contribution in [3.05, 3.63) is 48.0 Å². The first-order valence-corrected chi connectivity index (χ1v) is 6.62. The van der Waals surface area contributed by atoms with E-state index in [1.54, 1.807) is 12.1 Å². The number of nitrogens with one attached hydrogen (secondary N) is 1. The molecule has 0 aliphatic carbocycles. The van der Waals surface area contributed by atoms with Gasteiger partial charge in [0.1, 0.15) is 0 Å². The number of carboxylic acids is 1. The van der Waals surface area contributed by atoms with E-state index in [0.29, 0.717) is 18.4 Å². The van der Waals surface area contributed by atoms with E-state index < -0.39 is 12.0 Å². The number of carbonyl (C=O) groups excluding carboxylic acids is 1. The Morgan fingerprint density at radius 3 is 2.50 bits per heavy atom. The van der Waals surface area contributed by atoms with Gasteiger partial charge in [0, 0.05) is 6.42 Å². The highest BCUT2D eigenvalue weighted by atomic mass is 16.4. The molecular formula is C16H17NO3. The van der Waals surface area contributed by atoms with Crippen molar-refractivity contribution < 1.29 is 14.7 Å². The van der Waals surface area contributed by atoms with Crippen LogP contribution in [0.25, 0.3) is 10.8 Å². The lowest BCUT2D eigenvalue weighted by atomic mass is 10.0. The minimum absolute atomic E-state index is 0.243. The van der Waals surface area contributed by atoms with Crippen LogP contribution in [0.1, 0.15) is 31.4 Å². The number of hydrogen-bond acceptors (Lipinski definition) is 2. The molecule has 0 spiro atoms. The summed E-state index contributed by atoms with van der Waals surface area (Å²) in [5, 5.41) is 13.9. The summed E-state index contributed by atoms with van der Waals surface area (Å²) < 4.78 is 0. The summed E-state index contributed by atoms with van der Waals surface area (Å²) in [6, 6.07) is 12.1. The zero-order valence-electron chi connectivity index (χ0n) is 11.3. The fourth-order valence-electron chi connectivity index (χ4n) is 2.14. The Kier molecular flexibility index (Phi) is 4.35. The summed E-state index contributed by atoms with van der Waals surface area (Å²) in [4.78, 5) is 23.0. The summed E-state index contributed by atoms with van der Waals surface area (Å²) in [6.45, 7) is 1.88. The largest absolute Gasteiger partial charge is 0.479 e. The molecule has 104 valence electrons. The number of amides is 1. The molecule has 0 bridgehead atoms. The third kappa shape index (κ3) is 3.15. The number of hydrogen-bond donors (Lipinski definition) is 2. The van der Waals surface area contributed by atoms with Crippen molar-refractivity contribution in [2.75, 3.05) is 0 Å². The van der Waals surface area contributed by atoms with Gasteiger partial charge in [-0.2, -0.15) is 0 Å². The fraction of sp³-hybridized carbons (Fsp3) is 0.250. The number of carboxylic acid groups (broad SMARTS) is 1. The monoisotopic (exact) mass is 271 g/mol. The molecule has 1 amide bonds. The van der Waals surface area contributed by atoms with E-state index in [1.165, 1.54) is 0 Å². The molecule has 0 heterocycles. The maximum atomic E-state index is 11.6. The second kappa shape index (κ2) is 6.19. The molecule has 0 aliphatic rings. The highest BCUT2D eigenvalue weighted by Crippen LogP contribution is 2.21. The topological polar surface area (TPSA) is 66.4 Å². The molecule has 0 saturated heterocycles. The van der Waals surface area contributed by atoms with Crippen LogP contribution >= 0.6 is 0 Å². The van der Waals surface area contributed by atoms with Crippen LogP contribution in [0.15, 0.2) is 42.5 Å². The van der Waals surface area contributed by atoms with Crippen LogP contribution in [0.5, 0.6) is 0 Å². The average Bonchev–Trinajstić information content (AvgIpc) is 2.44. The Morgan fingerprint density at radius 1 is 1.15 bits per heavy atom. The highest BCUT2D eigenvalue weighted by molar-refractivity contribution is 5.88. The van der Waals surface area contributed by atoms with Gasteiger partial charge >= 0.3 is 5.97 Å². The maximum absolute atomic E-state index is 11.6. The number of carbonyl (C=O) groups is 2. The first-order valence-electron chi connectivity index (χ1n) is 6.62. The molecule has 0 saturated carbocycles. The van der Waals surface area contributed by atoms with Crippen molar-refractivity contribution in [2.45, 2.75) is 25.8 Å². The molecular weight excluding hydrogens is 254 g/mol. The summed E-state index contributed by atoms with van der Waals surface area (Å²) in [6.07, 6.45) is 1.02. The average molecular weight is 271 g/mol. The molecule has 2 rings (SSSR count). The maximum Gasteiger partial charge on any atom is 0.330 e. The van der Waals surface area contributed by atoms with Gasteiger partial charge in [-0.25, -0.2) is 4.79 Å². The predicted octanol–water partition coefficient (Wildman–Crippen LogP) is 2.88. The van der Waals surface area contributed by atoms with Crippen LogP contribution in [0.3, 0.4) is 0 Å². The molecule has 2 aromatic carbocycles. The van der Waals surface area contributed by atoms with Crippen molar-refractivity contribution in [2.24, 2.45) is 0 Å². The molecule has 0 aliphatic heterocycles. The zero-order chi connectivity index (χ0) is 14.5. The highest BCUT2D eigenvalue weighted by Gasteiger charge is 2.21. The lowest BCUT2D eigenvalue weighted by Gasteiger charge is -2.15. The van der Waals surface area contributed by atoms with Gasteiger partial charge in [-0.1, -0.05) is 43.3 Å². The molecule has 2 N–H and O–H groups in total. The summed E-state index contributed by atoms with van der Waals surface area (Å²) >= 11 is 0. The number of benzene rings is 2. The standard InChI is InChI=1S/C16H17NO3/c1-2-5-14(18)17-15(16(19)20)13-9-8-11-6-3-4-7-12(11)10-13/h3-4,6-10,15H,2,5H2,1H3,(H,17,18)(H,19,20). The van der Waals surface area contributed by atoms with Crippen molar-refractivity contribution in [1.29, 1.82) is 0 Å². The molecule has 20 heavy (non-hydrogen) atoms. The Bertz CT molecular complexity index is 636. The van der Waals surface area contributed by atoms with Crippen LogP contribution in [0.4, 0.5) is 0 Å². The second-order valence-corrected chi connectivity index (χ2v) is 4.70. The van der Waals surface area contributed by atoms with Crippen LogP contribution in [-0.2, 0) is 9.59 Å². The third-order valence-electron chi connectivity index (χ3n) is 3.14. The molecule has 1 unspecified atom stereocenters. The Morgan fingerprint density at radius 2 is 1.85 bits per heavy atom. The molecule has 4 heteroatoms. The molecule has 1 atom stereocenters. The van der Waals surface area contributed by atoms with Crippen molar-refractivity contribution in [3.63, 3.8) is 0 Å². The lowest BCUT2D eigenvalue weighted by molar-refractivity contribution is -0.142. The van der Waals surface area contributed by atoms with Gasteiger partial charge in [0.05, 0.1) is 0 Å². The van der Waals surface area contributed by atoms with E-state index in [4.69, 9.17) is 0 Å². The van der Waals surface area contributed by atoms with Crippen molar-refractivity contribution in [1.82, 2.24) is 5.32 Å². The van der Waals surface area contributed by atoms with E-state index in [0.717, 1.165) is 10.8 Å². The van der Waals surface area contributed by atoms with E-state index in [2.05, 4.69) is 5.32 Å². The molecule has 4 nitrogen and oxygen atoms in total. The smallest absolute Gasteiger partial charge is 0.330 e. The van der Waals surface area contributed by atoms with Gasteiger partial charge in [0.2, 0.25) is 5.91 Å². The van der Waals surface area contributed by atoms with Gasteiger partial charge in [-0.05, 0) is 28.8 Å². The van der Waals surface area contributed by atoms with Crippen LogP contribution in [0.2, 0.25) is 0 Å². The predicted molar refractivity (Wildman–Crippen MR) is 77.4 cm³/mol. The fourth-order valence-corrected chi connectivity index (χ4v) is 2.14. The zero-order valence-corrected chi connectivity index (χ0v) is 11.3. The van der Waals surface area contributed by atoms with Gasteiger partial charge in [-0.15, -0.1) is 0 Å². The summed E-state index contributed by atoms with van der Waals surface area (Å²) in [5.74, 6) is -1.29. The Hall–Kier alpha value is -2.36. The van der Waals surface area contributed by atoms with Gasteiger partial charge in [0.25, 0.3) is 0 Å². The Labute approximate surface area is 117 Å². The Balaban J connectivity index is 2.31. The van der Waals surface area contributed by atoms with E-state index >= 15 is 0 Å².